The maximum Gasteiger partial charge on any atom is 0.242 e. The van der Waals surface area contributed by atoms with Gasteiger partial charge in [-0.3, -0.25) is 4.79 Å². The Labute approximate surface area is 123 Å². The lowest BCUT2D eigenvalue weighted by Crippen LogP contribution is -2.41. The van der Waals surface area contributed by atoms with Crippen LogP contribution in [-0.4, -0.2) is 33.2 Å². The monoisotopic (exact) mass is 315 g/mol. The van der Waals surface area contributed by atoms with Crippen LogP contribution in [0.2, 0.25) is 0 Å². The van der Waals surface area contributed by atoms with Crippen LogP contribution in [0, 0.1) is 5.82 Å². The normalized spacial score (nSPS) is 16.1. The van der Waals surface area contributed by atoms with Crippen LogP contribution in [0.1, 0.15) is 18.1 Å². The molecule has 1 aliphatic rings. The summed E-state index contributed by atoms with van der Waals surface area (Å²) in [5.74, 6) is -1.05. The predicted octanol–water partition coefficient (Wildman–Crippen LogP) is 0.348. The number of nitrogens with one attached hydrogen (secondary N) is 3. The third kappa shape index (κ3) is 3.99. The molecule has 1 aromatic rings. The highest BCUT2D eigenvalue weighted by atomic mass is 32.2. The molecule has 21 heavy (non-hydrogen) atoms. The number of rotatable bonds is 4. The molecule has 3 N–H and O–H groups in total. The van der Waals surface area contributed by atoms with Gasteiger partial charge in [0.05, 0.1) is 18.0 Å². The van der Waals surface area contributed by atoms with Gasteiger partial charge in [0.1, 0.15) is 5.82 Å². The Morgan fingerprint density at radius 2 is 2.14 bits per heavy atom. The minimum absolute atomic E-state index is 0.0720. The average Bonchev–Trinajstić information content (AvgIpc) is 2.40. The first-order valence-electron chi connectivity index (χ1n) is 6.57. The van der Waals surface area contributed by atoms with E-state index in [9.17, 15) is 17.6 Å². The van der Waals surface area contributed by atoms with E-state index in [0.29, 0.717) is 25.1 Å². The molecule has 0 aromatic heterocycles. The zero-order chi connectivity index (χ0) is 15.6. The van der Waals surface area contributed by atoms with Gasteiger partial charge in [-0.2, -0.15) is 0 Å². The van der Waals surface area contributed by atoms with Crippen molar-refractivity contribution in [2.24, 2.45) is 0 Å². The number of carbonyl (C=O) groups excluding carboxylic acids is 1. The molecule has 1 heterocycles. The van der Waals surface area contributed by atoms with Crippen LogP contribution in [0.3, 0.4) is 0 Å². The number of halogens is 1. The Balaban J connectivity index is 2.15. The van der Waals surface area contributed by atoms with Crippen molar-refractivity contribution in [1.82, 2.24) is 10.0 Å². The van der Waals surface area contributed by atoms with Crippen molar-refractivity contribution >= 4 is 21.6 Å². The zero-order valence-electron chi connectivity index (χ0n) is 11.9. The first-order valence-corrected chi connectivity index (χ1v) is 8.46. The van der Waals surface area contributed by atoms with E-state index in [1.165, 1.54) is 13.0 Å². The summed E-state index contributed by atoms with van der Waals surface area (Å²) in [6.45, 7) is 2.69. The molecule has 1 aromatic carbocycles. The van der Waals surface area contributed by atoms with E-state index in [1.54, 1.807) is 6.07 Å². The van der Waals surface area contributed by atoms with E-state index in [0.717, 1.165) is 11.8 Å². The highest BCUT2D eigenvalue weighted by Crippen LogP contribution is 2.24. The van der Waals surface area contributed by atoms with Crippen molar-refractivity contribution in [2.75, 3.05) is 18.1 Å². The minimum Gasteiger partial charge on any atom is -0.322 e. The number of amides is 1. The molecule has 1 atom stereocenters. The van der Waals surface area contributed by atoms with Crippen LogP contribution >= 0.6 is 0 Å². The van der Waals surface area contributed by atoms with Crippen LogP contribution < -0.4 is 15.4 Å². The quantitative estimate of drug-likeness (QED) is 0.748. The zero-order valence-corrected chi connectivity index (χ0v) is 12.7. The lowest BCUT2D eigenvalue weighted by atomic mass is 9.99. The van der Waals surface area contributed by atoms with Crippen LogP contribution in [0.25, 0.3) is 0 Å². The number of hydrogen-bond donors (Lipinski definition) is 3. The standard InChI is InChI=1S/C13H18FN3O3S/c1-8(17-21(2,19)20)13(18)16-11-4-3-9-7-15-6-5-10(9)12(11)14/h3-4,8,15,17H,5-7H2,1-2H3,(H,16,18). The summed E-state index contributed by atoms with van der Waals surface area (Å²) in [5, 5.41) is 5.56. The fraction of sp³-hybridized carbons (Fsp3) is 0.462. The topological polar surface area (TPSA) is 87.3 Å². The Kier molecular flexibility index (Phi) is 4.60. The molecule has 0 saturated carbocycles. The molecular weight excluding hydrogens is 297 g/mol. The lowest BCUT2D eigenvalue weighted by Gasteiger charge is -2.20. The number of sulfonamides is 1. The molecule has 0 bridgehead atoms. The van der Waals surface area contributed by atoms with Gasteiger partial charge in [-0.15, -0.1) is 0 Å². The number of carbonyl (C=O) groups is 1. The SMILES string of the molecule is CC(NS(C)(=O)=O)C(=O)Nc1ccc2c(c1F)CCNC2. The van der Waals surface area contributed by atoms with Crippen molar-refractivity contribution < 1.29 is 17.6 Å². The molecule has 116 valence electrons. The third-order valence-corrected chi connectivity index (χ3v) is 4.03. The molecule has 0 aliphatic carbocycles. The first kappa shape index (κ1) is 15.9. The van der Waals surface area contributed by atoms with Crippen LogP contribution in [0.15, 0.2) is 12.1 Å². The molecule has 1 amide bonds. The van der Waals surface area contributed by atoms with Gasteiger partial charge in [-0.1, -0.05) is 6.07 Å². The van der Waals surface area contributed by atoms with Crippen molar-refractivity contribution in [3.05, 3.63) is 29.1 Å². The van der Waals surface area contributed by atoms with E-state index >= 15 is 0 Å². The van der Waals surface area contributed by atoms with Gasteiger partial charge in [-0.25, -0.2) is 17.5 Å². The van der Waals surface area contributed by atoms with E-state index in [2.05, 4.69) is 15.4 Å². The number of hydrogen-bond acceptors (Lipinski definition) is 4. The molecule has 0 spiro atoms. The van der Waals surface area contributed by atoms with Crippen LogP contribution in [0.4, 0.5) is 10.1 Å². The Morgan fingerprint density at radius 3 is 2.81 bits per heavy atom. The van der Waals surface area contributed by atoms with Gasteiger partial charge < -0.3 is 10.6 Å². The van der Waals surface area contributed by atoms with E-state index in [1.807, 2.05) is 0 Å². The summed E-state index contributed by atoms with van der Waals surface area (Å²) in [6, 6.07) is 2.28. The Bertz CT molecular complexity index is 661. The third-order valence-electron chi connectivity index (χ3n) is 3.25. The predicted molar refractivity (Wildman–Crippen MR) is 77.9 cm³/mol. The molecule has 1 aliphatic heterocycles. The second-order valence-corrected chi connectivity index (χ2v) is 6.87. The molecule has 8 heteroatoms. The number of anilines is 1. The maximum atomic E-state index is 14.3. The smallest absolute Gasteiger partial charge is 0.242 e. The van der Waals surface area contributed by atoms with Gasteiger partial charge in [-0.05, 0) is 37.1 Å². The molecule has 2 rings (SSSR count). The minimum atomic E-state index is -3.50. The lowest BCUT2D eigenvalue weighted by molar-refractivity contribution is -0.117. The maximum absolute atomic E-state index is 14.3. The van der Waals surface area contributed by atoms with Gasteiger partial charge in [0.25, 0.3) is 0 Å². The summed E-state index contributed by atoms with van der Waals surface area (Å²) in [7, 11) is -3.50. The average molecular weight is 315 g/mol. The largest absolute Gasteiger partial charge is 0.322 e. The second kappa shape index (κ2) is 6.08. The summed E-state index contributed by atoms with van der Waals surface area (Å²) >= 11 is 0. The Morgan fingerprint density at radius 1 is 1.43 bits per heavy atom. The second-order valence-electron chi connectivity index (χ2n) is 5.09. The van der Waals surface area contributed by atoms with E-state index in [-0.39, 0.29) is 5.69 Å². The van der Waals surface area contributed by atoms with Crippen molar-refractivity contribution in [2.45, 2.75) is 25.9 Å². The molecule has 6 nitrogen and oxygen atoms in total. The van der Waals surface area contributed by atoms with Crippen LogP contribution in [0.5, 0.6) is 0 Å². The highest BCUT2D eigenvalue weighted by Gasteiger charge is 2.21. The van der Waals surface area contributed by atoms with E-state index in [4.69, 9.17) is 0 Å². The fourth-order valence-corrected chi connectivity index (χ4v) is 2.99. The van der Waals surface area contributed by atoms with Crippen LogP contribution in [-0.2, 0) is 27.8 Å². The summed E-state index contributed by atoms with van der Waals surface area (Å²) in [4.78, 5) is 11.9. The molecule has 0 fully saturated rings. The van der Waals surface area contributed by atoms with Crippen molar-refractivity contribution in [3.63, 3.8) is 0 Å². The molecule has 0 radical (unpaired) electrons. The van der Waals surface area contributed by atoms with Gasteiger partial charge >= 0.3 is 0 Å². The fourth-order valence-electron chi connectivity index (χ4n) is 2.25. The van der Waals surface area contributed by atoms with E-state index < -0.39 is 27.8 Å². The summed E-state index contributed by atoms with van der Waals surface area (Å²) in [6.07, 6.45) is 1.52. The molecule has 0 saturated heterocycles. The first-order chi connectivity index (χ1) is 9.78. The number of fused-ring (bicyclic) bond motifs is 1. The molecule has 1 unspecified atom stereocenters. The molecular formula is C13H18FN3O3S. The van der Waals surface area contributed by atoms with Crippen molar-refractivity contribution in [3.8, 4) is 0 Å². The van der Waals surface area contributed by atoms with Crippen molar-refractivity contribution in [1.29, 1.82) is 0 Å². The summed E-state index contributed by atoms with van der Waals surface area (Å²) < 4.78 is 38.7. The highest BCUT2D eigenvalue weighted by molar-refractivity contribution is 7.88. The number of benzene rings is 1. The van der Waals surface area contributed by atoms with Gasteiger partial charge in [0.2, 0.25) is 15.9 Å². The van der Waals surface area contributed by atoms with Gasteiger partial charge in [0.15, 0.2) is 0 Å². The summed E-state index contributed by atoms with van der Waals surface area (Å²) in [5.41, 5.74) is 1.54. The Hall–Kier alpha value is -1.51. The van der Waals surface area contributed by atoms with Gasteiger partial charge in [0, 0.05) is 6.54 Å².